The maximum atomic E-state index is 11.9. The second kappa shape index (κ2) is 6.75. The molecule has 0 atom stereocenters. The maximum absolute atomic E-state index is 11.9. The van der Waals surface area contributed by atoms with Crippen molar-refractivity contribution in [1.82, 2.24) is 15.1 Å². The molecule has 1 amide bonds. The van der Waals surface area contributed by atoms with Gasteiger partial charge in [-0.2, -0.15) is 5.10 Å². The summed E-state index contributed by atoms with van der Waals surface area (Å²) in [5, 5.41) is 6.59. The van der Waals surface area contributed by atoms with Crippen LogP contribution in [0.2, 0.25) is 0 Å². The van der Waals surface area contributed by atoms with Crippen molar-refractivity contribution in [3.63, 3.8) is 0 Å². The highest BCUT2D eigenvalue weighted by Gasteiger charge is 2.09. The molecule has 20 heavy (non-hydrogen) atoms. The van der Waals surface area contributed by atoms with Crippen LogP contribution in [0.3, 0.4) is 0 Å². The lowest BCUT2D eigenvalue weighted by atomic mass is 10.2. The first-order valence-corrected chi connectivity index (χ1v) is 6.56. The molecular formula is C15H19N3O2. The van der Waals surface area contributed by atoms with E-state index in [9.17, 15) is 4.79 Å². The maximum Gasteiger partial charge on any atom is 0.226 e. The van der Waals surface area contributed by atoms with Crippen LogP contribution >= 0.6 is 0 Å². The van der Waals surface area contributed by atoms with E-state index in [2.05, 4.69) is 10.2 Å². The van der Waals surface area contributed by atoms with Gasteiger partial charge in [0.2, 0.25) is 5.91 Å². The molecule has 1 heterocycles. The molecule has 2 aromatic rings. The Morgan fingerprint density at radius 2 is 2.10 bits per heavy atom. The predicted molar refractivity (Wildman–Crippen MR) is 76.4 cm³/mol. The minimum Gasteiger partial charge on any atom is -0.493 e. The fourth-order valence-electron chi connectivity index (χ4n) is 1.81. The van der Waals surface area contributed by atoms with E-state index >= 15 is 0 Å². The Morgan fingerprint density at radius 1 is 1.35 bits per heavy atom. The number of H-pyrrole nitrogens is 1. The van der Waals surface area contributed by atoms with E-state index in [-0.39, 0.29) is 5.91 Å². The second-order valence-electron chi connectivity index (χ2n) is 4.77. The van der Waals surface area contributed by atoms with Crippen LogP contribution < -0.4 is 4.74 Å². The molecule has 2 rings (SSSR count). The van der Waals surface area contributed by atoms with Crippen molar-refractivity contribution in [2.45, 2.75) is 19.9 Å². The third kappa shape index (κ3) is 4.12. The van der Waals surface area contributed by atoms with Gasteiger partial charge in [0.1, 0.15) is 5.75 Å². The number of rotatable bonds is 6. The molecule has 5 nitrogen and oxygen atoms in total. The minimum absolute atomic E-state index is 0.0540. The van der Waals surface area contributed by atoms with Gasteiger partial charge in [-0.25, -0.2) is 0 Å². The quantitative estimate of drug-likeness (QED) is 0.877. The van der Waals surface area contributed by atoms with Crippen LogP contribution in [0.25, 0.3) is 0 Å². The highest BCUT2D eigenvalue weighted by molar-refractivity contribution is 5.75. The molecule has 1 aromatic carbocycles. The van der Waals surface area contributed by atoms with Crippen molar-refractivity contribution in [3.8, 4) is 5.75 Å². The molecule has 0 saturated heterocycles. The summed E-state index contributed by atoms with van der Waals surface area (Å²) in [6.07, 6.45) is 3.86. The van der Waals surface area contributed by atoms with Crippen molar-refractivity contribution >= 4 is 5.91 Å². The van der Waals surface area contributed by atoms with Crippen molar-refractivity contribution in [2.24, 2.45) is 0 Å². The zero-order valence-electron chi connectivity index (χ0n) is 11.8. The molecule has 0 aliphatic rings. The van der Waals surface area contributed by atoms with Crippen LogP contribution in [0.15, 0.2) is 36.7 Å². The summed E-state index contributed by atoms with van der Waals surface area (Å²) in [5.41, 5.74) is 2.17. The topological polar surface area (TPSA) is 58.2 Å². The Hall–Kier alpha value is -2.30. The van der Waals surface area contributed by atoms with Crippen LogP contribution in [0.1, 0.15) is 17.5 Å². The first kappa shape index (κ1) is 14.1. The number of aromatic amines is 1. The van der Waals surface area contributed by atoms with E-state index in [1.807, 2.05) is 31.2 Å². The van der Waals surface area contributed by atoms with Crippen LogP contribution in [0.4, 0.5) is 0 Å². The van der Waals surface area contributed by atoms with Gasteiger partial charge in [-0.15, -0.1) is 0 Å². The number of carbonyl (C=O) groups excluding carboxylic acids is 1. The van der Waals surface area contributed by atoms with E-state index < -0.39 is 0 Å². The molecule has 0 aliphatic heterocycles. The van der Waals surface area contributed by atoms with Gasteiger partial charge in [-0.1, -0.05) is 17.7 Å². The Bertz CT molecular complexity index is 535. The van der Waals surface area contributed by atoms with Gasteiger partial charge in [0.25, 0.3) is 0 Å². The molecule has 0 saturated carbocycles. The summed E-state index contributed by atoms with van der Waals surface area (Å²) in [6.45, 7) is 2.97. The summed E-state index contributed by atoms with van der Waals surface area (Å²) < 4.78 is 5.55. The van der Waals surface area contributed by atoms with Gasteiger partial charge in [-0.3, -0.25) is 9.89 Å². The summed E-state index contributed by atoms with van der Waals surface area (Å²) in [7, 11) is 1.78. The average Bonchev–Trinajstić information content (AvgIpc) is 2.93. The molecule has 5 heteroatoms. The molecular weight excluding hydrogens is 254 g/mol. The van der Waals surface area contributed by atoms with Gasteiger partial charge in [0.05, 0.1) is 19.2 Å². The number of carbonyl (C=O) groups is 1. The molecule has 106 valence electrons. The van der Waals surface area contributed by atoms with Crippen LogP contribution in [-0.2, 0) is 11.3 Å². The zero-order chi connectivity index (χ0) is 14.4. The van der Waals surface area contributed by atoms with E-state index in [0.717, 1.165) is 11.3 Å². The first-order valence-electron chi connectivity index (χ1n) is 6.56. The number of hydrogen-bond acceptors (Lipinski definition) is 3. The Morgan fingerprint density at radius 3 is 2.75 bits per heavy atom. The lowest BCUT2D eigenvalue weighted by Crippen LogP contribution is -2.27. The third-order valence-electron chi connectivity index (χ3n) is 3.01. The standard InChI is InChI=1S/C15H19N3O2/c1-12-3-5-14(6-4-12)20-8-7-15(19)18(2)11-13-9-16-17-10-13/h3-6,9-10H,7-8,11H2,1-2H3,(H,16,17). The smallest absolute Gasteiger partial charge is 0.226 e. The number of aryl methyl sites for hydroxylation is 1. The predicted octanol–water partition coefficient (Wildman–Crippen LogP) is 2.15. The van der Waals surface area contributed by atoms with Crippen LogP contribution in [-0.4, -0.2) is 34.7 Å². The number of hydrogen-bond donors (Lipinski definition) is 1. The van der Waals surface area contributed by atoms with Gasteiger partial charge < -0.3 is 9.64 Å². The molecule has 1 N–H and O–H groups in total. The highest BCUT2D eigenvalue weighted by Crippen LogP contribution is 2.11. The van der Waals surface area contributed by atoms with Crippen molar-refractivity contribution < 1.29 is 9.53 Å². The largest absolute Gasteiger partial charge is 0.493 e. The monoisotopic (exact) mass is 273 g/mol. The van der Waals surface area contributed by atoms with Crippen LogP contribution in [0, 0.1) is 6.92 Å². The minimum atomic E-state index is 0.0540. The lowest BCUT2D eigenvalue weighted by molar-refractivity contribution is -0.130. The fraction of sp³-hybridized carbons (Fsp3) is 0.333. The van der Waals surface area contributed by atoms with Crippen molar-refractivity contribution in [3.05, 3.63) is 47.8 Å². The molecule has 0 radical (unpaired) electrons. The Kier molecular flexibility index (Phi) is 4.76. The van der Waals surface area contributed by atoms with Crippen molar-refractivity contribution in [1.29, 1.82) is 0 Å². The molecule has 0 spiro atoms. The molecule has 0 aliphatic carbocycles. The first-order chi connectivity index (χ1) is 9.65. The number of benzene rings is 1. The third-order valence-corrected chi connectivity index (χ3v) is 3.01. The van der Waals surface area contributed by atoms with E-state index in [1.165, 1.54) is 5.56 Å². The van der Waals surface area contributed by atoms with Gasteiger partial charge in [0, 0.05) is 25.4 Å². The zero-order valence-corrected chi connectivity index (χ0v) is 11.8. The molecule has 0 bridgehead atoms. The molecule has 0 fully saturated rings. The van der Waals surface area contributed by atoms with E-state index in [4.69, 9.17) is 4.74 Å². The lowest BCUT2D eigenvalue weighted by Gasteiger charge is -2.16. The number of nitrogens with one attached hydrogen (secondary N) is 1. The molecule has 0 unspecified atom stereocenters. The average molecular weight is 273 g/mol. The SMILES string of the molecule is Cc1ccc(OCCC(=O)N(C)Cc2cn[nH]c2)cc1. The Labute approximate surface area is 118 Å². The van der Waals surface area contributed by atoms with Gasteiger partial charge in [0.15, 0.2) is 0 Å². The normalized spacial score (nSPS) is 10.3. The van der Waals surface area contributed by atoms with Crippen molar-refractivity contribution in [2.75, 3.05) is 13.7 Å². The number of ether oxygens (including phenoxy) is 1. The summed E-state index contributed by atoms with van der Waals surface area (Å²) >= 11 is 0. The summed E-state index contributed by atoms with van der Waals surface area (Å²) in [5.74, 6) is 0.846. The van der Waals surface area contributed by atoms with E-state index in [1.54, 1.807) is 24.3 Å². The van der Waals surface area contributed by atoms with Gasteiger partial charge >= 0.3 is 0 Å². The fourth-order valence-corrected chi connectivity index (χ4v) is 1.81. The van der Waals surface area contributed by atoms with Crippen LogP contribution in [0.5, 0.6) is 5.75 Å². The van der Waals surface area contributed by atoms with E-state index in [0.29, 0.717) is 19.6 Å². The summed E-state index contributed by atoms with van der Waals surface area (Å²) in [4.78, 5) is 13.6. The second-order valence-corrected chi connectivity index (χ2v) is 4.77. The molecule has 1 aromatic heterocycles. The highest BCUT2D eigenvalue weighted by atomic mass is 16.5. The summed E-state index contributed by atoms with van der Waals surface area (Å²) in [6, 6.07) is 7.80. The number of amides is 1. The number of nitrogens with zero attached hydrogens (tertiary/aromatic N) is 2. The number of aromatic nitrogens is 2. The van der Waals surface area contributed by atoms with Gasteiger partial charge in [-0.05, 0) is 19.1 Å². The Balaban J connectivity index is 1.73.